The molecule has 3 aliphatic rings. The predicted octanol–water partition coefficient (Wildman–Crippen LogP) is 5.79. The van der Waals surface area contributed by atoms with Crippen LogP contribution in [-0.4, -0.2) is 34.7 Å². The SMILES string of the molecule is Cc1c([N+](=O)[O-])ccc2c1N(C(=O)OCC1c3ccccc3-c3ccccc31)[C@H](C(=O)O)[C@@H]1CC=C[C@H]21. The van der Waals surface area contributed by atoms with E-state index in [2.05, 4.69) is 0 Å². The predicted molar refractivity (Wildman–Crippen MR) is 137 cm³/mol. The zero-order chi connectivity index (χ0) is 25.8. The van der Waals surface area contributed by atoms with Gasteiger partial charge in [-0.2, -0.15) is 0 Å². The molecule has 0 saturated heterocycles. The van der Waals surface area contributed by atoms with Gasteiger partial charge in [-0.05, 0) is 47.2 Å². The van der Waals surface area contributed by atoms with Gasteiger partial charge in [0.05, 0.1) is 16.2 Å². The lowest BCUT2D eigenvalue weighted by Gasteiger charge is -2.41. The monoisotopic (exact) mass is 496 g/mol. The molecule has 0 saturated carbocycles. The Hall–Kier alpha value is -4.46. The van der Waals surface area contributed by atoms with E-state index in [4.69, 9.17) is 4.74 Å². The Labute approximate surface area is 212 Å². The number of hydrogen-bond donors (Lipinski definition) is 1. The van der Waals surface area contributed by atoms with Crippen molar-refractivity contribution in [2.75, 3.05) is 11.5 Å². The summed E-state index contributed by atoms with van der Waals surface area (Å²) >= 11 is 0. The number of nitro benzene ring substituents is 1. The standard InChI is InChI=1S/C29H24N2O6/c1-16-25(31(35)36)14-13-23-21-11-6-12-22(21)27(28(32)33)30(26(16)23)29(34)37-15-24-19-9-4-2-7-17(19)18-8-3-5-10-20(18)24/h2-11,13-14,21-22,24,27H,12,15H2,1H3,(H,32,33)/t21-,22+,27-/m0/s1. The first kappa shape index (κ1) is 23.0. The highest BCUT2D eigenvalue weighted by atomic mass is 16.6. The van der Waals surface area contributed by atoms with E-state index in [-0.39, 0.29) is 41.3 Å². The van der Waals surface area contributed by atoms with E-state index < -0.39 is 23.0 Å². The van der Waals surface area contributed by atoms with Crippen molar-refractivity contribution in [2.24, 2.45) is 5.92 Å². The van der Waals surface area contributed by atoms with E-state index in [1.807, 2.05) is 60.7 Å². The minimum atomic E-state index is -1.20. The van der Waals surface area contributed by atoms with Gasteiger partial charge >= 0.3 is 12.1 Å². The minimum Gasteiger partial charge on any atom is -0.480 e. The summed E-state index contributed by atoms with van der Waals surface area (Å²) in [6.07, 6.45) is 3.52. The zero-order valence-corrected chi connectivity index (χ0v) is 20.0. The van der Waals surface area contributed by atoms with Crippen LogP contribution in [0, 0.1) is 23.0 Å². The number of hydrogen-bond acceptors (Lipinski definition) is 5. The highest BCUT2D eigenvalue weighted by Crippen LogP contribution is 2.51. The molecule has 0 fully saturated rings. The molecule has 1 N–H and O–H groups in total. The number of benzene rings is 3. The number of aliphatic carboxylic acids is 1. The average molecular weight is 497 g/mol. The number of amides is 1. The van der Waals surface area contributed by atoms with Crippen molar-refractivity contribution < 1.29 is 24.4 Å². The fourth-order valence-corrected chi connectivity index (χ4v) is 6.32. The number of carboxylic acid groups (broad SMARTS) is 1. The van der Waals surface area contributed by atoms with Crippen molar-refractivity contribution in [2.45, 2.75) is 31.2 Å². The first-order valence-electron chi connectivity index (χ1n) is 12.2. The van der Waals surface area contributed by atoms with Crippen LogP contribution in [0.25, 0.3) is 11.1 Å². The molecule has 3 aromatic carbocycles. The molecule has 1 amide bonds. The first-order valence-corrected chi connectivity index (χ1v) is 12.2. The topological polar surface area (TPSA) is 110 Å². The molecule has 37 heavy (non-hydrogen) atoms. The molecular weight excluding hydrogens is 472 g/mol. The van der Waals surface area contributed by atoms with Crippen LogP contribution in [0.1, 0.15) is 40.5 Å². The van der Waals surface area contributed by atoms with Gasteiger partial charge in [-0.15, -0.1) is 0 Å². The summed E-state index contributed by atoms with van der Waals surface area (Å²) in [6, 6.07) is 17.8. The van der Waals surface area contributed by atoms with Gasteiger partial charge in [-0.3, -0.25) is 15.0 Å². The number of allylic oxidation sites excluding steroid dienone is 2. The normalized spacial score (nSPS) is 21.1. The van der Waals surface area contributed by atoms with Crippen LogP contribution in [0.4, 0.5) is 16.2 Å². The lowest BCUT2D eigenvalue weighted by molar-refractivity contribution is -0.385. The van der Waals surface area contributed by atoms with Crippen molar-refractivity contribution in [3.8, 4) is 11.1 Å². The van der Waals surface area contributed by atoms with Gasteiger partial charge in [0.2, 0.25) is 0 Å². The third kappa shape index (κ3) is 3.43. The third-order valence-electron chi connectivity index (χ3n) is 7.91. The zero-order valence-electron chi connectivity index (χ0n) is 20.0. The van der Waals surface area contributed by atoms with Crippen LogP contribution in [0.5, 0.6) is 0 Å². The summed E-state index contributed by atoms with van der Waals surface area (Å²) in [6.45, 7) is 1.57. The van der Waals surface area contributed by atoms with Gasteiger partial charge in [0, 0.05) is 23.8 Å². The number of nitrogens with zero attached hydrogens (tertiary/aromatic N) is 2. The van der Waals surface area contributed by atoms with Crippen LogP contribution in [0.3, 0.4) is 0 Å². The maximum atomic E-state index is 13.7. The number of carbonyl (C=O) groups is 2. The molecular formula is C29H24N2O6. The molecule has 0 aromatic heterocycles. The molecule has 0 radical (unpaired) electrons. The summed E-state index contributed by atoms with van der Waals surface area (Å²) in [5, 5.41) is 21.9. The molecule has 186 valence electrons. The van der Waals surface area contributed by atoms with Crippen molar-refractivity contribution in [3.05, 3.63) is 105 Å². The van der Waals surface area contributed by atoms with E-state index in [0.29, 0.717) is 12.0 Å². The number of rotatable bonds is 4. The molecule has 3 aromatic rings. The van der Waals surface area contributed by atoms with Gasteiger partial charge in [0.15, 0.2) is 0 Å². The molecule has 2 aliphatic carbocycles. The van der Waals surface area contributed by atoms with Crippen molar-refractivity contribution >= 4 is 23.4 Å². The Morgan fingerprint density at radius 1 is 1.03 bits per heavy atom. The number of fused-ring (bicyclic) bond motifs is 6. The second-order valence-electron chi connectivity index (χ2n) is 9.72. The van der Waals surface area contributed by atoms with Crippen molar-refractivity contribution in [1.29, 1.82) is 0 Å². The van der Waals surface area contributed by atoms with Gasteiger partial charge in [-0.1, -0.05) is 60.7 Å². The summed E-state index contributed by atoms with van der Waals surface area (Å²) < 4.78 is 5.85. The summed E-state index contributed by atoms with van der Waals surface area (Å²) in [5.41, 5.74) is 5.28. The minimum absolute atomic E-state index is 0.0192. The third-order valence-corrected chi connectivity index (χ3v) is 7.91. The maximum Gasteiger partial charge on any atom is 0.415 e. The highest BCUT2D eigenvalue weighted by molar-refractivity contribution is 5.99. The fraction of sp³-hybridized carbons (Fsp3) is 0.241. The lowest BCUT2D eigenvalue weighted by Crippen LogP contribution is -2.54. The number of ether oxygens (including phenoxy) is 1. The smallest absolute Gasteiger partial charge is 0.415 e. The highest BCUT2D eigenvalue weighted by Gasteiger charge is 2.49. The number of carbonyl (C=O) groups excluding carboxylic acids is 1. The van der Waals surface area contributed by atoms with E-state index in [9.17, 15) is 24.8 Å². The largest absolute Gasteiger partial charge is 0.480 e. The molecule has 0 spiro atoms. The Balaban J connectivity index is 1.39. The number of nitro groups is 1. The Bertz CT molecular complexity index is 1450. The summed E-state index contributed by atoms with van der Waals surface area (Å²) in [5.74, 6) is -1.99. The van der Waals surface area contributed by atoms with E-state index >= 15 is 0 Å². The van der Waals surface area contributed by atoms with E-state index in [1.165, 1.54) is 6.07 Å². The second-order valence-corrected chi connectivity index (χ2v) is 9.72. The van der Waals surface area contributed by atoms with Gasteiger partial charge in [0.1, 0.15) is 12.6 Å². The van der Waals surface area contributed by atoms with Gasteiger partial charge in [0.25, 0.3) is 5.69 Å². The first-order chi connectivity index (χ1) is 17.9. The average Bonchev–Trinajstić information content (AvgIpc) is 3.49. The molecule has 0 unspecified atom stereocenters. The molecule has 0 bridgehead atoms. The van der Waals surface area contributed by atoms with Gasteiger partial charge < -0.3 is 9.84 Å². The summed E-state index contributed by atoms with van der Waals surface area (Å²) in [4.78, 5) is 38.6. The van der Waals surface area contributed by atoms with Crippen LogP contribution >= 0.6 is 0 Å². The number of anilines is 1. The Kier molecular flexibility index (Phi) is 5.33. The second kappa shape index (κ2) is 8.58. The van der Waals surface area contributed by atoms with Crippen LogP contribution in [0.15, 0.2) is 72.8 Å². The molecule has 8 nitrogen and oxygen atoms in total. The van der Waals surface area contributed by atoms with Gasteiger partial charge in [-0.25, -0.2) is 9.59 Å². The van der Waals surface area contributed by atoms with Crippen molar-refractivity contribution in [1.82, 2.24) is 0 Å². The molecule has 1 heterocycles. The lowest BCUT2D eigenvalue weighted by atomic mass is 9.77. The fourth-order valence-electron chi connectivity index (χ4n) is 6.32. The van der Waals surface area contributed by atoms with E-state index in [1.54, 1.807) is 13.0 Å². The van der Waals surface area contributed by atoms with Crippen LogP contribution in [0.2, 0.25) is 0 Å². The summed E-state index contributed by atoms with van der Waals surface area (Å²) in [7, 11) is 0. The van der Waals surface area contributed by atoms with E-state index in [0.717, 1.165) is 27.2 Å². The molecule has 3 atom stereocenters. The number of carboxylic acids is 1. The molecule has 8 heteroatoms. The molecule has 1 aliphatic heterocycles. The van der Waals surface area contributed by atoms with Crippen LogP contribution in [-0.2, 0) is 9.53 Å². The molecule has 6 rings (SSSR count). The van der Waals surface area contributed by atoms with Crippen LogP contribution < -0.4 is 4.90 Å². The quantitative estimate of drug-likeness (QED) is 0.278. The Morgan fingerprint density at radius 2 is 1.68 bits per heavy atom. The Morgan fingerprint density at radius 3 is 2.30 bits per heavy atom. The van der Waals surface area contributed by atoms with Crippen molar-refractivity contribution in [3.63, 3.8) is 0 Å². The maximum absolute atomic E-state index is 13.7.